The lowest BCUT2D eigenvalue weighted by molar-refractivity contribution is -0.124. The normalized spacial score (nSPS) is 10.5. The van der Waals surface area contributed by atoms with E-state index in [4.69, 9.17) is 18.0 Å². The molecule has 0 atom stereocenters. The van der Waals surface area contributed by atoms with Crippen molar-refractivity contribution in [2.75, 3.05) is 0 Å². The van der Waals surface area contributed by atoms with E-state index in [1.54, 1.807) is 4.68 Å². The molecule has 0 radical (unpaired) electrons. The van der Waals surface area contributed by atoms with Gasteiger partial charge in [0.05, 0.1) is 23.3 Å². The van der Waals surface area contributed by atoms with Gasteiger partial charge in [-0.25, -0.2) is 0 Å². The van der Waals surface area contributed by atoms with Gasteiger partial charge in [0.2, 0.25) is 5.91 Å². The number of halogens is 1. The molecule has 0 unspecified atom stereocenters. The summed E-state index contributed by atoms with van der Waals surface area (Å²) >= 11 is 8.50. The Morgan fingerprint density at radius 3 is 2.58 bits per heavy atom. The molecule has 0 fully saturated rings. The highest BCUT2D eigenvalue weighted by Gasteiger charge is 2.13. The van der Waals surface area contributed by atoms with Gasteiger partial charge in [0, 0.05) is 12.1 Å². The number of hydrogen-bond acceptors (Lipinski definition) is 3. The van der Waals surface area contributed by atoms with E-state index in [1.807, 2.05) is 44.2 Å². The number of nitrogens with one attached hydrogen (secondary N) is 1. The summed E-state index contributed by atoms with van der Waals surface area (Å²) in [5, 5.41) is 5.99. The standard InChI is InChI=1S/C16H20BrN5OS/c1-11-15(17)12(2)21(19-11)9-8-14(23)20-22(16(18)24)10-13-6-4-3-5-7-13/h3-7H,8-10H2,1-2H3,(H2,18,24)(H,20,23). The maximum Gasteiger partial charge on any atom is 0.240 e. The molecule has 2 rings (SSSR count). The van der Waals surface area contributed by atoms with Crippen LogP contribution >= 0.6 is 28.1 Å². The predicted molar refractivity (Wildman–Crippen MR) is 101 cm³/mol. The summed E-state index contributed by atoms with van der Waals surface area (Å²) in [5.74, 6) is -0.164. The van der Waals surface area contributed by atoms with Crippen LogP contribution in [0.3, 0.4) is 0 Å². The lowest BCUT2D eigenvalue weighted by atomic mass is 10.2. The molecule has 0 saturated heterocycles. The molecular weight excluding hydrogens is 390 g/mol. The largest absolute Gasteiger partial charge is 0.375 e. The van der Waals surface area contributed by atoms with E-state index in [0.717, 1.165) is 21.4 Å². The molecule has 0 spiro atoms. The van der Waals surface area contributed by atoms with Crippen molar-refractivity contribution in [2.24, 2.45) is 5.73 Å². The maximum atomic E-state index is 12.2. The minimum atomic E-state index is -0.164. The number of carbonyl (C=O) groups excluding carboxylic acids is 1. The number of amides is 1. The summed E-state index contributed by atoms with van der Waals surface area (Å²) in [7, 11) is 0. The van der Waals surface area contributed by atoms with E-state index in [2.05, 4.69) is 26.5 Å². The smallest absolute Gasteiger partial charge is 0.240 e. The van der Waals surface area contributed by atoms with Crippen LogP contribution in [-0.2, 0) is 17.9 Å². The number of rotatable bonds is 5. The van der Waals surface area contributed by atoms with Crippen LogP contribution in [-0.4, -0.2) is 25.8 Å². The molecule has 6 nitrogen and oxygen atoms in total. The van der Waals surface area contributed by atoms with Crippen molar-refractivity contribution in [2.45, 2.75) is 33.4 Å². The average molecular weight is 410 g/mol. The van der Waals surface area contributed by atoms with Crippen LogP contribution in [0.5, 0.6) is 0 Å². The molecule has 1 amide bonds. The van der Waals surface area contributed by atoms with Crippen LogP contribution < -0.4 is 11.2 Å². The quantitative estimate of drug-likeness (QED) is 0.585. The Labute approximate surface area is 155 Å². The van der Waals surface area contributed by atoms with E-state index < -0.39 is 0 Å². The highest BCUT2D eigenvalue weighted by atomic mass is 79.9. The number of thiocarbonyl (C=S) groups is 1. The fourth-order valence-corrected chi connectivity index (χ4v) is 2.64. The van der Waals surface area contributed by atoms with Crippen molar-refractivity contribution in [3.05, 3.63) is 51.8 Å². The topological polar surface area (TPSA) is 76.2 Å². The zero-order valence-corrected chi connectivity index (χ0v) is 16.0. The molecule has 0 aliphatic heterocycles. The molecule has 8 heteroatoms. The molecule has 1 heterocycles. The summed E-state index contributed by atoms with van der Waals surface area (Å²) in [6, 6.07) is 9.68. The minimum absolute atomic E-state index is 0.126. The summed E-state index contributed by atoms with van der Waals surface area (Å²) in [6.45, 7) is 4.79. The molecule has 2 aromatic rings. The van der Waals surface area contributed by atoms with Crippen LogP contribution in [0.2, 0.25) is 0 Å². The van der Waals surface area contributed by atoms with E-state index >= 15 is 0 Å². The Kier molecular flexibility index (Phi) is 6.33. The zero-order valence-electron chi connectivity index (χ0n) is 13.6. The highest BCUT2D eigenvalue weighted by molar-refractivity contribution is 9.10. The zero-order chi connectivity index (χ0) is 17.7. The van der Waals surface area contributed by atoms with Gasteiger partial charge in [-0.3, -0.25) is 19.9 Å². The fourth-order valence-electron chi connectivity index (χ4n) is 2.25. The number of hydrazine groups is 1. The lowest BCUT2D eigenvalue weighted by Crippen LogP contribution is -2.48. The van der Waals surface area contributed by atoms with Crippen LogP contribution in [0.15, 0.2) is 34.8 Å². The Bertz CT molecular complexity index is 732. The van der Waals surface area contributed by atoms with Crippen LogP contribution in [0.4, 0.5) is 0 Å². The van der Waals surface area contributed by atoms with Gasteiger partial charge in [0.15, 0.2) is 5.11 Å². The van der Waals surface area contributed by atoms with Crippen molar-refractivity contribution >= 4 is 39.2 Å². The van der Waals surface area contributed by atoms with Crippen molar-refractivity contribution in [1.82, 2.24) is 20.2 Å². The van der Waals surface area contributed by atoms with Gasteiger partial charge in [-0.05, 0) is 47.6 Å². The van der Waals surface area contributed by atoms with Crippen molar-refractivity contribution in [3.63, 3.8) is 0 Å². The number of aromatic nitrogens is 2. The first-order valence-electron chi connectivity index (χ1n) is 7.48. The van der Waals surface area contributed by atoms with Gasteiger partial charge < -0.3 is 5.73 Å². The predicted octanol–water partition coefficient (Wildman–Crippen LogP) is 2.43. The third-order valence-corrected chi connectivity index (χ3v) is 4.92. The third-order valence-electron chi connectivity index (χ3n) is 3.55. The van der Waals surface area contributed by atoms with Crippen molar-refractivity contribution in [1.29, 1.82) is 0 Å². The minimum Gasteiger partial charge on any atom is -0.375 e. The third kappa shape index (κ3) is 4.78. The summed E-state index contributed by atoms with van der Waals surface area (Å²) in [6.07, 6.45) is 0.280. The molecular formula is C16H20BrN5OS. The van der Waals surface area contributed by atoms with E-state index in [1.165, 1.54) is 5.01 Å². The monoisotopic (exact) mass is 409 g/mol. The molecule has 128 valence electrons. The molecule has 0 aliphatic rings. The molecule has 3 N–H and O–H groups in total. The second-order valence-electron chi connectivity index (χ2n) is 5.40. The first-order valence-corrected chi connectivity index (χ1v) is 8.68. The van der Waals surface area contributed by atoms with Crippen LogP contribution in [0.1, 0.15) is 23.4 Å². The summed E-state index contributed by atoms with van der Waals surface area (Å²) in [4.78, 5) is 12.2. The Morgan fingerprint density at radius 2 is 2.04 bits per heavy atom. The molecule has 0 aliphatic carbocycles. The first kappa shape index (κ1) is 18.4. The SMILES string of the molecule is Cc1nn(CCC(=O)NN(Cc2ccccc2)C(N)=S)c(C)c1Br. The lowest BCUT2D eigenvalue weighted by Gasteiger charge is -2.23. The van der Waals surface area contributed by atoms with Gasteiger partial charge in [-0.15, -0.1) is 0 Å². The number of aryl methyl sites for hydroxylation is 2. The van der Waals surface area contributed by atoms with Gasteiger partial charge in [0.1, 0.15) is 0 Å². The number of nitrogens with two attached hydrogens (primary N) is 1. The Morgan fingerprint density at radius 1 is 1.38 bits per heavy atom. The van der Waals surface area contributed by atoms with Crippen molar-refractivity contribution < 1.29 is 4.79 Å². The molecule has 24 heavy (non-hydrogen) atoms. The van der Waals surface area contributed by atoms with Gasteiger partial charge in [-0.1, -0.05) is 30.3 Å². The number of carbonyl (C=O) groups is 1. The average Bonchev–Trinajstić information content (AvgIpc) is 2.80. The Hall–Kier alpha value is -1.93. The van der Waals surface area contributed by atoms with E-state index in [-0.39, 0.29) is 17.4 Å². The highest BCUT2D eigenvalue weighted by Crippen LogP contribution is 2.19. The van der Waals surface area contributed by atoms with E-state index in [0.29, 0.717) is 13.1 Å². The van der Waals surface area contributed by atoms with Crippen molar-refractivity contribution in [3.8, 4) is 0 Å². The van der Waals surface area contributed by atoms with E-state index in [9.17, 15) is 4.79 Å². The fraction of sp³-hybridized carbons (Fsp3) is 0.312. The maximum absolute atomic E-state index is 12.2. The summed E-state index contributed by atoms with van der Waals surface area (Å²) in [5.41, 5.74) is 11.4. The Balaban J connectivity index is 1.93. The first-order chi connectivity index (χ1) is 11.4. The number of nitrogens with zero attached hydrogens (tertiary/aromatic N) is 3. The van der Waals surface area contributed by atoms with Crippen LogP contribution in [0.25, 0.3) is 0 Å². The molecule has 1 aromatic heterocycles. The molecule has 1 aromatic carbocycles. The second kappa shape index (κ2) is 8.25. The van der Waals surface area contributed by atoms with Gasteiger partial charge in [0.25, 0.3) is 0 Å². The number of hydrogen-bond donors (Lipinski definition) is 2. The second-order valence-corrected chi connectivity index (χ2v) is 6.61. The summed E-state index contributed by atoms with van der Waals surface area (Å²) < 4.78 is 2.78. The van der Waals surface area contributed by atoms with Gasteiger partial charge in [-0.2, -0.15) is 5.10 Å². The molecule has 0 saturated carbocycles. The number of benzene rings is 1. The molecule has 0 bridgehead atoms. The van der Waals surface area contributed by atoms with Gasteiger partial charge >= 0.3 is 0 Å². The van der Waals surface area contributed by atoms with Crippen LogP contribution in [0, 0.1) is 13.8 Å².